The Bertz CT molecular complexity index is 184. The van der Waals surface area contributed by atoms with Gasteiger partial charge in [-0.25, -0.2) is 5.84 Å². The number of hydrogen-bond acceptors (Lipinski definition) is 7. The molecular weight excluding hydrogens is 168 g/mol. The third kappa shape index (κ3) is 4.24. The summed E-state index contributed by atoms with van der Waals surface area (Å²) >= 11 is 0. The topological polar surface area (TPSA) is 123 Å². The number of nitrogens with zero attached hydrogens (tertiary/aromatic N) is 3. The molecule has 0 aromatic carbocycles. The van der Waals surface area contributed by atoms with E-state index in [1.807, 2.05) is 14.0 Å². The lowest BCUT2D eigenvalue weighted by Gasteiger charge is -1.98. The molecule has 0 amide bonds. The molecule has 1 aliphatic heterocycles. The lowest BCUT2D eigenvalue weighted by atomic mass is 10.7. The number of rotatable bonds is 0. The third-order valence-corrected chi connectivity index (χ3v) is 1.04. The minimum Gasteiger partial charge on any atom is -0.356 e. The van der Waals surface area contributed by atoms with Gasteiger partial charge >= 0.3 is 0 Å². The van der Waals surface area contributed by atoms with E-state index in [9.17, 15) is 0 Å². The molecule has 0 aromatic heterocycles. The van der Waals surface area contributed by atoms with Crippen LogP contribution in [0, 0.1) is 15.3 Å². The first kappa shape index (κ1) is 10.4. The molecular formula is C3H10N6O3. The van der Waals surface area contributed by atoms with Gasteiger partial charge in [-0.1, -0.05) is 0 Å². The second kappa shape index (κ2) is 4.31. The fraction of sp³-hybridized carbons (Fsp3) is 0.667. The average molecular weight is 178 g/mol. The molecule has 0 saturated carbocycles. The van der Waals surface area contributed by atoms with Crippen molar-refractivity contribution in [1.82, 2.24) is 16.2 Å². The van der Waals surface area contributed by atoms with E-state index < -0.39 is 5.09 Å². The first-order valence-corrected chi connectivity index (χ1v) is 2.90. The van der Waals surface area contributed by atoms with E-state index in [1.54, 1.807) is 4.68 Å². The Morgan fingerprint density at radius 3 is 2.17 bits per heavy atom. The zero-order valence-corrected chi connectivity index (χ0v) is 6.64. The first-order chi connectivity index (χ1) is 5.43. The standard InChI is InChI=1S/C3H9N5.NO3/c1-3-5-8(4)6-7(3)2;2-1(3)4/h6H,4H2,1-2H3;/q;-1/p+1. The Balaban J connectivity index is 0.000000261. The minimum atomic E-state index is -1.75. The third-order valence-electron chi connectivity index (χ3n) is 1.04. The molecule has 1 heterocycles. The molecule has 0 saturated heterocycles. The van der Waals surface area contributed by atoms with Crippen molar-refractivity contribution in [3.8, 4) is 0 Å². The summed E-state index contributed by atoms with van der Waals surface area (Å²) in [6, 6.07) is 0. The molecule has 0 radical (unpaired) electrons. The van der Waals surface area contributed by atoms with Gasteiger partial charge in [-0.05, 0) is 0 Å². The molecule has 70 valence electrons. The monoisotopic (exact) mass is 178 g/mol. The zero-order chi connectivity index (χ0) is 9.72. The largest absolute Gasteiger partial charge is 0.356 e. The Labute approximate surface area is 68.1 Å². The van der Waals surface area contributed by atoms with Crippen LogP contribution in [-0.2, 0) is 0 Å². The summed E-state index contributed by atoms with van der Waals surface area (Å²) < 4.78 is 1.78. The Hall–Kier alpha value is -1.61. The number of hydrazone groups is 1. The number of hydrogen-bond donors (Lipinski definition) is 3. The van der Waals surface area contributed by atoms with Crippen molar-refractivity contribution < 1.29 is 9.77 Å². The van der Waals surface area contributed by atoms with Crippen LogP contribution in [0.2, 0.25) is 0 Å². The molecule has 0 spiro atoms. The van der Waals surface area contributed by atoms with Crippen molar-refractivity contribution in [1.29, 1.82) is 0 Å². The van der Waals surface area contributed by atoms with Gasteiger partial charge in [0.1, 0.15) is 7.05 Å². The normalized spacial score (nSPS) is 15.9. The van der Waals surface area contributed by atoms with E-state index in [-0.39, 0.29) is 0 Å². The maximum absolute atomic E-state index is 8.25. The maximum atomic E-state index is 8.25. The van der Waals surface area contributed by atoms with Gasteiger partial charge in [-0.3, -0.25) is 0 Å². The smallest absolute Gasteiger partial charge is 0.286 e. The average Bonchev–Trinajstić information content (AvgIpc) is 2.08. The zero-order valence-electron chi connectivity index (χ0n) is 6.64. The highest BCUT2D eigenvalue weighted by atomic mass is 16.9. The van der Waals surface area contributed by atoms with Crippen molar-refractivity contribution in [3.63, 3.8) is 0 Å². The maximum Gasteiger partial charge on any atom is 0.286 e. The van der Waals surface area contributed by atoms with Crippen molar-refractivity contribution in [3.05, 3.63) is 15.3 Å². The molecule has 1 rings (SSSR count). The first-order valence-electron chi connectivity index (χ1n) is 2.90. The molecule has 0 bridgehead atoms. The van der Waals surface area contributed by atoms with E-state index in [4.69, 9.17) is 21.2 Å². The van der Waals surface area contributed by atoms with Gasteiger partial charge in [0, 0.05) is 12.2 Å². The summed E-state index contributed by atoms with van der Waals surface area (Å²) in [4.78, 5) is 8.25. The van der Waals surface area contributed by atoms with Gasteiger partial charge in [0.2, 0.25) is 0 Å². The highest BCUT2D eigenvalue weighted by Gasteiger charge is 2.16. The molecule has 4 N–H and O–H groups in total. The van der Waals surface area contributed by atoms with Crippen molar-refractivity contribution in [2.45, 2.75) is 6.92 Å². The summed E-state index contributed by atoms with van der Waals surface area (Å²) in [5.41, 5.74) is 5.57. The molecule has 12 heavy (non-hydrogen) atoms. The van der Waals surface area contributed by atoms with E-state index in [0.717, 1.165) is 5.84 Å². The van der Waals surface area contributed by atoms with Gasteiger partial charge in [0.25, 0.3) is 5.84 Å². The molecule has 0 aromatic rings. The van der Waals surface area contributed by atoms with Crippen LogP contribution in [-0.4, -0.2) is 27.9 Å². The fourth-order valence-electron chi connectivity index (χ4n) is 0.511. The van der Waals surface area contributed by atoms with Crippen molar-refractivity contribution in [2.75, 3.05) is 7.05 Å². The van der Waals surface area contributed by atoms with Crippen LogP contribution in [0.3, 0.4) is 0 Å². The summed E-state index contributed by atoms with van der Waals surface area (Å²) in [5, 5.41) is 16.0. The van der Waals surface area contributed by atoms with Crippen LogP contribution in [0.1, 0.15) is 6.92 Å². The van der Waals surface area contributed by atoms with E-state index in [0.29, 0.717) is 0 Å². The van der Waals surface area contributed by atoms with E-state index >= 15 is 0 Å². The van der Waals surface area contributed by atoms with Crippen LogP contribution >= 0.6 is 0 Å². The molecule has 0 unspecified atom stereocenters. The Kier molecular flexibility index (Phi) is 3.73. The summed E-state index contributed by atoms with van der Waals surface area (Å²) in [7, 11) is 1.87. The highest BCUT2D eigenvalue weighted by Crippen LogP contribution is 1.75. The molecule has 0 fully saturated rings. The van der Waals surface area contributed by atoms with Gasteiger partial charge in [0.15, 0.2) is 0 Å². The van der Waals surface area contributed by atoms with Gasteiger partial charge in [0.05, 0.1) is 5.09 Å². The molecule has 9 heteroatoms. The lowest BCUT2D eigenvalue weighted by Crippen LogP contribution is -2.48. The Morgan fingerprint density at radius 2 is 2.08 bits per heavy atom. The minimum absolute atomic E-state index is 0.979. The molecule has 1 aliphatic rings. The van der Waals surface area contributed by atoms with Gasteiger partial charge in [-0.15, -0.1) is 5.53 Å². The fourth-order valence-corrected chi connectivity index (χ4v) is 0.511. The summed E-state index contributed by atoms with van der Waals surface area (Å²) in [6.45, 7) is 1.92. The predicted octanol–water partition coefficient (Wildman–Crippen LogP) is -2.08. The second-order valence-corrected chi connectivity index (χ2v) is 1.95. The summed E-state index contributed by atoms with van der Waals surface area (Å²) in [5.74, 6) is 6.24. The van der Waals surface area contributed by atoms with Crippen LogP contribution in [0.5, 0.6) is 0 Å². The summed E-state index contributed by atoms with van der Waals surface area (Å²) in [6.07, 6.45) is 0. The van der Waals surface area contributed by atoms with Crippen LogP contribution in [0.4, 0.5) is 0 Å². The molecule has 9 nitrogen and oxygen atoms in total. The number of amidine groups is 1. The molecule has 0 aliphatic carbocycles. The van der Waals surface area contributed by atoms with Crippen molar-refractivity contribution in [2.24, 2.45) is 5.84 Å². The van der Waals surface area contributed by atoms with Gasteiger partial charge < -0.3 is 15.3 Å². The van der Waals surface area contributed by atoms with Crippen LogP contribution < -0.4 is 16.8 Å². The van der Waals surface area contributed by atoms with Crippen molar-refractivity contribution >= 4 is 5.84 Å². The SMILES string of the molecule is CC1=[N+](C)NN(N)N1.O=[N+]([O-])[O-]. The van der Waals surface area contributed by atoms with E-state index in [2.05, 4.69) is 11.0 Å². The highest BCUT2D eigenvalue weighted by molar-refractivity contribution is 5.74. The number of nitrogens with one attached hydrogen (secondary N) is 2. The Morgan fingerprint density at radius 1 is 1.67 bits per heavy atom. The second-order valence-electron chi connectivity index (χ2n) is 1.95. The van der Waals surface area contributed by atoms with E-state index in [1.165, 1.54) is 5.23 Å². The van der Waals surface area contributed by atoms with Crippen LogP contribution in [0.25, 0.3) is 0 Å². The predicted molar refractivity (Wildman–Crippen MR) is 39.5 cm³/mol. The molecule has 0 atom stereocenters. The lowest BCUT2D eigenvalue weighted by molar-refractivity contribution is -0.578. The number of nitrogens with two attached hydrogens (primary N) is 1. The number of hydrazine groups is 4. The quantitative estimate of drug-likeness (QED) is 0.168. The van der Waals surface area contributed by atoms with Gasteiger partial charge in [-0.2, -0.15) is 10.1 Å². The van der Waals surface area contributed by atoms with Crippen LogP contribution in [0.15, 0.2) is 0 Å².